The van der Waals surface area contributed by atoms with Crippen LogP contribution in [0.2, 0.25) is 15.1 Å². The van der Waals surface area contributed by atoms with Crippen LogP contribution in [0, 0.1) is 0 Å². The van der Waals surface area contributed by atoms with Crippen molar-refractivity contribution >= 4 is 62.3 Å². The third-order valence-corrected chi connectivity index (χ3v) is 8.49. The van der Waals surface area contributed by atoms with Gasteiger partial charge in [0.15, 0.2) is 0 Å². The smallest absolute Gasteiger partial charge is 0.264 e. The summed E-state index contributed by atoms with van der Waals surface area (Å²) in [6, 6.07) is 16.0. The lowest BCUT2D eigenvalue weighted by Crippen LogP contribution is -2.51. The molecule has 3 rings (SSSR count). The zero-order chi connectivity index (χ0) is 28.7. The highest BCUT2D eigenvalue weighted by atomic mass is 35.5. The van der Waals surface area contributed by atoms with Gasteiger partial charge in [-0.15, -0.1) is 0 Å². The van der Waals surface area contributed by atoms with E-state index in [1.807, 2.05) is 0 Å². The minimum Gasteiger partial charge on any atom is -0.495 e. The summed E-state index contributed by atoms with van der Waals surface area (Å²) in [7, 11) is -2.89. The van der Waals surface area contributed by atoms with Gasteiger partial charge in [0.1, 0.15) is 18.3 Å². The Labute approximate surface area is 243 Å². The van der Waals surface area contributed by atoms with Crippen molar-refractivity contribution < 1.29 is 22.7 Å². The van der Waals surface area contributed by atoms with E-state index in [1.165, 1.54) is 42.3 Å². The number of carbonyl (C=O) groups excluding carboxylic acids is 2. The van der Waals surface area contributed by atoms with Gasteiger partial charge in [-0.25, -0.2) is 8.42 Å². The second kappa shape index (κ2) is 13.4. The summed E-state index contributed by atoms with van der Waals surface area (Å²) in [4.78, 5) is 28.0. The molecular formula is C27H28Cl3N3O5S. The molecule has 0 aliphatic carbocycles. The number of halogens is 3. The van der Waals surface area contributed by atoms with E-state index in [2.05, 4.69) is 5.32 Å². The number of amides is 2. The molecule has 0 saturated heterocycles. The first kappa shape index (κ1) is 30.6. The number of methoxy groups -OCH3 is 1. The van der Waals surface area contributed by atoms with Crippen LogP contribution in [-0.4, -0.2) is 51.4 Å². The minimum atomic E-state index is -4.27. The molecule has 0 spiro atoms. The number of ether oxygens (including phenoxy) is 1. The molecule has 0 radical (unpaired) electrons. The summed E-state index contributed by atoms with van der Waals surface area (Å²) in [5, 5.41) is 3.65. The molecule has 0 aliphatic rings. The van der Waals surface area contributed by atoms with Gasteiger partial charge in [0, 0.05) is 28.2 Å². The lowest BCUT2D eigenvalue weighted by molar-refractivity contribution is -0.139. The van der Waals surface area contributed by atoms with Crippen LogP contribution < -0.4 is 14.4 Å². The predicted molar refractivity (Wildman–Crippen MR) is 154 cm³/mol. The third kappa shape index (κ3) is 7.36. The summed E-state index contributed by atoms with van der Waals surface area (Å²) in [6.07, 6.45) is 0. The molecule has 0 saturated carbocycles. The fraction of sp³-hybridized carbons (Fsp3) is 0.259. The van der Waals surface area contributed by atoms with E-state index in [-0.39, 0.29) is 27.9 Å². The normalized spacial score (nSPS) is 11.9. The molecule has 0 aromatic heterocycles. The van der Waals surface area contributed by atoms with E-state index in [0.29, 0.717) is 22.2 Å². The molecule has 1 atom stereocenters. The molecule has 8 nitrogen and oxygen atoms in total. The second-order valence-corrected chi connectivity index (χ2v) is 11.6. The maximum atomic E-state index is 13.9. The molecule has 0 aliphatic heterocycles. The molecule has 0 heterocycles. The number of nitrogens with zero attached hydrogens (tertiary/aromatic N) is 2. The van der Waals surface area contributed by atoms with Gasteiger partial charge in [0.05, 0.1) is 17.7 Å². The number of hydrogen-bond donors (Lipinski definition) is 1. The molecule has 0 fully saturated rings. The van der Waals surface area contributed by atoms with Crippen LogP contribution in [0.3, 0.4) is 0 Å². The number of sulfonamides is 1. The van der Waals surface area contributed by atoms with E-state index in [9.17, 15) is 18.0 Å². The number of benzene rings is 3. The van der Waals surface area contributed by atoms with Crippen LogP contribution in [-0.2, 0) is 26.2 Å². The average molecular weight is 613 g/mol. The first-order chi connectivity index (χ1) is 18.5. The Hall–Kier alpha value is -2.98. The molecule has 0 bridgehead atoms. The average Bonchev–Trinajstić information content (AvgIpc) is 2.91. The highest BCUT2D eigenvalue weighted by Gasteiger charge is 2.34. The monoisotopic (exact) mass is 611 g/mol. The molecule has 12 heteroatoms. The van der Waals surface area contributed by atoms with E-state index in [1.54, 1.807) is 50.2 Å². The lowest BCUT2D eigenvalue weighted by atomic mass is 10.1. The summed E-state index contributed by atoms with van der Waals surface area (Å²) in [6.45, 7) is 2.94. The van der Waals surface area contributed by atoms with Crippen molar-refractivity contribution in [1.82, 2.24) is 10.2 Å². The number of carbonyl (C=O) groups is 2. The van der Waals surface area contributed by atoms with Crippen molar-refractivity contribution in [2.45, 2.75) is 31.3 Å². The van der Waals surface area contributed by atoms with Crippen LogP contribution >= 0.6 is 34.8 Å². The Bertz CT molecular complexity index is 1440. The van der Waals surface area contributed by atoms with Gasteiger partial charge < -0.3 is 15.0 Å². The van der Waals surface area contributed by atoms with E-state index < -0.39 is 34.4 Å². The van der Waals surface area contributed by atoms with Gasteiger partial charge in [-0.3, -0.25) is 13.9 Å². The first-order valence-electron chi connectivity index (χ1n) is 11.9. The maximum Gasteiger partial charge on any atom is 0.264 e. The summed E-state index contributed by atoms with van der Waals surface area (Å²) in [5.74, 6) is -0.870. The Morgan fingerprint density at radius 3 is 2.23 bits per heavy atom. The van der Waals surface area contributed by atoms with Crippen molar-refractivity contribution in [1.29, 1.82) is 0 Å². The van der Waals surface area contributed by atoms with E-state index in [4.69, 9.17) is 39.5 Å². The molecule has 0 unspecified atom stereocenters. The van der Waals surface area contributed by atoms with Crippen molar-refractivity contribution in [2.24, 2.45) is 0 Å². The quantitative estimate of drug-likeness (QED) is 0.313. The minimum absolute atomic E-state index is 0.0381. The Morgan fingerprint density at radius 1 is 0.974 bits per heavy atom. The molecular weight excluding hydrogens is 585 g/mol. The topological polar surface area (TPSA) is 96.0 Å². The van der Waals surface area contributed by atoms with Gasteiger partial charge in [-0.2, -0.15) is 0 Å². The van der Waals surface area contributed by atoms with E-state index in [0.717, 1.165) is 4.31 Å². The molecule has 208 valence electrons. The SMILES string of the molecule is CCNC(=O)[C@H](C)N(Cc1ccc(Cl)cc1Cl)C(=O)CN(c1cc(Cl)ccc1OC)S(=O)(=O)c1ccccc1. The standard InChI is InChI=1S/C27H28Cl3N3O5S/c1-4-31-27(35)18(2)32(16-19-10-11-20(28)14-23(19)30)26(34)17-33(24-15-21(29)12-13-25(24)38-3)39(36,37)22-8-6-5-7-9-22/h5-15,18H,4,16-17H2,1-3H3,(H,31,35)/t18-/m0/s1. The zero-order valence-electron chi connectivity index (χ0n) is 21.5. The maximum absolute atomic E-state index is 13.9. The van der Waals surface area contributed by atoms with Crippen molar-refractivity contribution in [3.05, 3.63) is 87.4 Å². The molecule has 3 aromatic rings. The van der Waals surface area contributed by atoms with Gasteiger partial charge >= 0.3 is 0 Å². The molecule has 2 amide bonds. The number of likely N-dealkylation sites (N-methyl/N-ethyl adjacent to an activating group) is 1. The Balaban J connectivity index is 2.11. The van der Waals surface area contributed by atoms with Gasteiger partial charge in [-0.05, 0) is 61.9 Å². The summed E-state index contributed by atoms with van der Waals surface area (Å²) < 4.78 is 34.1. The lowest BCUT2D eigenvalue weighted by Gasteiger charge is -2.32. The Kier molecular flexibility index (Phi) is 10.5. The predicted octanol–water partition coefficient (Wildman–Crippen LogP) is 5.40. The fourth-order valence-corrected chi connectivity index (χ4v) is 5.90. The van der Waals surface area contributed by atoms with Crippen LogP contribution in [0.25, 0.3) is 0 Å². The van der Waals surface area contributed by atoms with Gasteiger partial charge in [0.25, 0.3) is 10.0 Å². The van der Waals surface area contributed by atoms with Crippen LogP contribution in [0.1, 0.15) is 19.4 Å². The Morgan fingerprint density at radius 2 is 1.62 bits per heavy atom. The molecule has 3 aromatic carbocycles. The number of nitrogens with one attached hydrogen (secondary N) is 1. The number of hydrogen-bond acceptors (Lipinski definition) is 5. The zero-order valence-corrected chi connectivity index (χ0v) is 24.6. The highest BCUT2D eigenvalue weighted by Crippen LogP contribution is 2.35. The first-order valence-corrected chi connectivity index (χ1v) is 14.5. The van der Waals surface area contributed by atoms with E-state index >= 15 is 0 Å². The van der Waals surface area contributed by atoms with Crippen molar-refractivity contribution in [3.63, 3.8) is 0 Å². The number of rotatable bonds is 11. The number of anilines is 1. The van der Waals surface area contributed by atoms with Crippen molar-refractivity contribution in [2.75, 3.05) is 24.5 Å². The summed E-state index contributed by atoms with van der Waals surface area (Å²) >= 11 is 18.6. The van der Waals surface area contributed by atoms with Gasteiger partial charge in [-0.1, -0.05) is 59.1 Å². The second-order valence-electron chi connectivity index (χ2n) is 8.47. The third-order valence-electron chi connectivity index (χ3n) is 5.89. The molecule has 39 heavy (non-hydrogen) atoms. The molecule has 1 N–H and O–H groups in total. The largest absolute Gasteiger partial charge is 0.495 e. The highest BCUT2D eigenvalue weighted by molar-refractivity contribution is 7.92. The van der Waals surface area contributed by atoms with Gasteiger partial charge in [0.2, 0.25) is 11.8 Å². The summed E-state index contributed by atoms with van der Waals surface area (Å²) in [5.41, 5.74) is 0.598. The van der Waals surface area contributed by atoms with Crippen LogP contribution in [0.5, 0.6) is 5.75 Å². The van der Waals surface area contributed by atoms with Crippen LogP contribution in [0.15, 0.2) is 71.6 Å². The fourth-order valence-electron chi connectivity index (χ4n) is 3.83. The van der Waals surface area contributed by atoms with Crippen molar-refractivity contribution in [3.8, 4) is 5.75 Å². The van der Waals surface area contributed by atoms with Crippen LogP contribution in [0.4, 0.5) is 5.69 Å².